The maximum atomic E-state index is 5.85. The minimum atomic E-state index is 0.770. The Kier molecular flexibility index (Phi) is 6.81. The first-order chi connectivity index (χ1) is 9.88. The number of aromatic nitrogens is 1. The van der Waals surface area contributed by atoms with E-state index >= 15 is 0 Å². The summed E-state index contributed by atoms with van der Waals surface area (Å²) in [6.07, 6.45) is 7.03. The highest BCUT2D eigenvalue weighted by Gasteiger charge is 2.09. The van der Waals surface area contributed by atoms with Gasteiger partial charge in [0.25, 0.3) is 0 Å². The van der Waals surface area contributed by atoms with Crippen LogP contribution in [0.5, 0.6) is 5.75 Å². The highest BCUT2D eigenvalue weighted by molar-refractivity contribution is 5.22. The summed E-state index contributed by atoms with van der Waals surface area (Å²) in [6.45, 7) is 8.27. The first-order valence-corrected chi connectivity index (χ1v) is 7.89. The summed E-state index contributed by atoms with van der Waals surface area (Å²) in [5.41, 5.74) is 1.05. The molecule has 1 N–H and O–H groups in total. The minimum absolute atomic E-state index is 0.770. The largest absolute Gasteiger partial charge is 0.492 e. The van der Waals surface area contributed by atoms with Crippen molar-refractivity contribution in [3.8, 4) is 5.75 Å². The molecule has 2 rings (SSSR count). The number of piperidine rings is 1. The van der Waals surface area contributed by atoms with Crippen LogP contribution in [0.15, 0.2) is 18.3 Å². The van der Waals surface area contributed by atoms with Gasteiger partial charge in [-0.05, 0) is 45.0 Å². The van der Waals surface area contributed by atoms with Crippen molar-refractivity contribution in [3.63, 3.8) is 0 Å². The number of nitrogens with one attached hydrogen (secondary N) is 1. The van der Waals surface area contributed by atoms with Crippen molar-refractivity contribution in [3.05, 3.63) is 24.0 Å². The average molecular weight is 277 g/mol. The Morgan fingerprint density at radius 2 is 2.15 bits per heavy atom. The van der Waals surface area contributed by atoms with Crippen LogP contribution < -0.4 is 10.1 Å². The standard InChI is InChI=1S/C16H27N3O/c1-2-7-17-14-15-13-16(6-8-18-15)20-12-11-19-9-4-3-5-10-19/h6,8,13,17H,2-5,7,9-12,14H2,1H3. The molecule has 4 heteroatoms. The van der Waals surface area contributed by atoms with E-state index in [0.29, 0.717) is 0 Å². The van der Waals surface area contributed by atoms with Crippen molar-refractivity contribution in [2.24, 2.45) is 0 Å². The fraction of sp³-hybridized carbons (Fsp3) is 0.688. The van der Waals surface area contributed by atoms with E-state index in [-0.39, 0.29) is 0 Å². The summed E-state index contributed by atoms with van der Waals surface area (Å²) in [7, 11) is 0. The van der Waals surface area contributed by atoms with Gasteiger partial charge in [0.15, 0.2) is 0 Å². The van der Waals surface area contributed by atoms with Gasteiger partial charge >= 0.3 is 0 Å². The van der Waals surface area contributed by atoms with E-state index in [4.69, 9.17) is 4.74 Å². The molecule has 2 heterocycles. The molecule has 0 amide bonds. The van der Waals surface area contributed by atoms with Crippen LogP contribution in [0.3, 0.4) is 0 Å². The van der Waals surface area contributed by atoms with Gasteiger partial charge in [-0.1, -0.05) is 13.3 Å². The van der Waals surface area contributed by atoms with Gasteiger partial charge in [0.05, 0.1) is 5.69 Å². The molecular formula is C16H27N3O. The maximum absolute atomic E-state index is 5.85. The Morgan fingerprint density at radius 3 is 2.95 bits per heavy atom. The zero-order valence-corrected chi connectivity index (χ0v) is 12.6. The fourth-order valence-electron chi connectivity index (χ4n) is 2.51. The Labute approximate surface area is 122 Å². The molecule has 0 spiro atoms. The van der Waals surface area contributed by atoms with E-state index in [1.165, 1.54) is 32.4 Å². The zero-order chi connectivity index (χ0) is 14.0. The van der Waals surface area contributed by atoms with Crippen LogP contribution in [0, 0.1) is 0 Å². The molecule has 0 saturated carbocycles. The van der Waals surface area contributed by atoms with E-state index in [9.17, 15) is 0 Å². The summed E-state index contributed by atoms with van der Waals surface area (Å²) >= 11 is 0. The van der Waals surface area contributed by atoms with Crippen LogP contribution in [0.25, 0.3) is 0 Å². The molecule has 1 fully saturated rings. The fourth-order valence-corrected chi connectivity index (χ4v) is 2.51. The van der Waals surface area contributed by atoms with Crippen LogP contribution in [0.2, 0.25) is 0 Å². The Bertz CT molecular complexity index is 378. The van der Waals surface area contributed by atoms with Gasteiger partial charge in [-0.25, -0.2) is 0 Å². The summed E-state index contributed by atoms with van der Waals surface area (Å²) in [6, 6.07) is 3.98. The van der Waals surface area contributed by atoms with E-state index in [1.54, 1.807) is 0 Å². The Hall–Kier alpha value is -1.13. The lowest BCUT2D eigenvalue weighted by Crippen LogP contribution is -2.33. The first kappa shape index (κ1) is 15.3. The second-order valence-corrected chi connectivity index (χ2v) is 5.41. The van der Waals surface area contributed by atoms with Crippen LogP contribution >= 0.6 is 0 Å². The van der Waals surface area contributed by atoms with Crippen LogP contribution in [-0.4, -0.2) is 42.7 Å². The Balaban J connectivity index is 1.70. The van der Waals surface area contributed by atoms with Crippen molar-refractivity contribution in [2.45, 2.75) is 39.2 Å². The molecule has 20 heavy (non-hydrogen) atoms. The summed E-state index contributed by atoms with van der Waals surface area (Å²) < 4.78 is 5.85. The molecule has 1 aliphatic rings. The zero-order valence-electron chi connectivity index (χ0n) is 12.6. The second kappa shape index (κ2) is 8.93. The smallest absolute Gasteiger partial charge is 0.122 e. The van der Waals surface area contributed by atoms with Gasteiger partial charge in [-0.2, -0.15) is 0 Å². The molecule has 1 aliphatic heterocycles. The average Bonchev–Trinajstić information content (AvgIpc) is 2.49. The number of likely N-dealkylation sites (tertiary alicyclic amines) is 1. The number of rotatable bonds is 8. The SMILES string of the molecule is CCCNCc1cc(OCCN2CCCCC2)ccn1. The van der Waals surface area contributed by atoms with Crippen molar-refractivity contribution in [1.29, 1.82) is 0 Å². The number of pyridine rings is 1. The lowest BCUT2D eigenvalue weighted by Gasteiger charge is -2.26. The number of ether oxygens (including phenoxy) is 1. The van der Waals surface area contributed by atoms with Gasteiger partial charge < -0.3 is 10.1 Å². The first-order valence-electron chi connectivity index (χ1n) is 7.89. The quantitative estimate of drug-likeness (QED) is 0.741. The molecule has 0 aromatic carbocycles. The lowest BCUT2D eigenvalue weighted by atomic mass is 10.1. The van der Waals surface area contributed by atoms with Crippen molar-refractivity contribution in [2.75, 3.05) is 32.8 Å². The maximum Gasteiger partial charge on any atom is 0.122 e. The van der Waals surface area contributed by atoms with E-state index in [2.05, 4.69) is 22.1 Å². The van der Waals surface area contributed by atoms with Crippen LogP contribution in [0.4, 0.5) is 0 Å². The van der Waals surface area contributed by atoms with Crippen molar-refractivity contribution >= 4 is 0 Å². The van der Waals surface area contributed by atoms with E-state index in [0.717, 1.165) is 44.1 Å². The minimum Gasteiger partial charge on any atom is -0.492 e. The molecule has 1 aromatic rings. The van der Waals surface area contributed by atoms with E-state index < -0.39 is 0 Å². The monoisotopic (exact) mass is 277 g/mol. The molecule has 112 valence electrons. The van der Waals surface area contributed by atoms with Gasteiger partial charge in [-0.15, -0.1) is 0 Å². The predicted octanol–water partition coefficient (Wildman–Crippen LogP) is 2.45. The van der Waals surface area contributed by atoms with Crippen LogP contribution in [-0.2, 0) is 6.54 Å². The molecule has 1 saturated heterocycles. The number of nitrogens with zero attached hydrogens (tertiary/aromatic N) is 2. The Morgan fingerprint density at radius 1 is 1.30 bits per heavy atom. The van der Waals surface area contributed by atoms with Gasteiger partial charge in [0, 0.05) is 25.4 Å². The van der Waals surface area contributed by atoms with Gasteiger partial charge in [-0.3, -0.25) is 9.88 Å². The second-order valence-electron chi connectivity index (χ2n) is 5.41. The summed E-state index contributed by atoms with van der Waals surface area (Å²) in [5, 5.41) is 3.36. The highest BCUT2D eigenvalue weighted by Crippen LogP contribution is 2.12. The summed E-state index contributed by atoms with van der Waals surface area (Å²) in [5.74, 6) is 0.935. The predicted molar refractivity (Wildman–Crippen MR) is 82.0 cm³/mol. The number of hydrogen-bond acceptors (Lipinski definition) is 4. The molecule has 0 aliphatic carbocycles. The molecule has 0 atom stereocenters. The van der Waals surface area contributed by atoms with Gasteiger partial charge in [0.2, 0.25) is 0 Å². The van der Waals surface area contributed by atoms with Gasteiger partial charge in [0.1, 0.15) is 12.4 Å². The third kappa shape index (κ3) is 5.47. The number of hydrogen-bond donors (Lipinski definition) is 1. The highest BCUT2D eigenvalue weighted by atomic mass is 16.5. The van der Waals surface area contributed by atoms with Crippen LogP contribution in [0.1, 0.15) is 38.3 Å². The molecular weight excluding hydrogens is 250 g/mol. The van der Waals surface area contributed by atoms with E-state index in [1.807, 2.05) is 18.3 Å². The molecule has 1 aromatic heterocycles. The third-order valence-corrected chi connectivity index (χ3v) is 3.65. The normalized spacial score (nSPS) is 16.2. The van der Waals surface area contributed by atoms with Crippen molar-refractivity contribution in [1.82, 2.24) is 15.2 Å². The molecule has 0 bridgehead atoms. The topological polar surface area (TPSA) is 37.4 Å². The molecule has 0 radical (unpaired) electrons. The lowest BCUT2D eigenvalue weighted by molar-refractivity contribution is 0.183. The molecule has 4 nitrogen and oxygen atoms in total. The van der Waals surface area contributed by atoms with Crippen molar-refractivity contribution < 1.29 is 4.74 Å². The molecule has 0 unspecified atom stereocenters. The summed E-state index contributed by atoms with van der Waals surface area (Å²) in [4.78, 5) is 6.85. The third-order valence-electron chi connectivity index (χ3n) is 3.65.